The molecule has 0 aliphatic heterocycles. The number of aliphatic hydroxyl groups excluding tert-OH is 2. The predicted octanol–water partition coefficient (Wildman–Crippen LogP) is 0.232. The average Bonchev–Trinajstić information content (AvgIpc) is 1.86. The van der Waals surface area contributed by atoms with E-state index in [1.165, 1.54) is 6.08 Å². The number of hydrogen-bond donors (Lipinski definition) is 4. The maximum atomic E-state index is 9.00. The van der Waals surface area contributed by atoms with E-state index in [-0.39, 0.29) is 6.61 Å². The van der Waals surface area contributed by atoms with Gasteiger partial charge in [-0.2, -0.15) is 0 Å². The smallest absolute Gasteiger partial charge is 0.300 e. The van der Waals surface area contributed by atoms with E-state index < -0.39 is 11.9 Å². The summed E-state index contributed by atoms with van der Waals surface area (Å²) in [6.45, 7) is 2.08. The Bertz CT molecular complexity index is 131. The number of aliphatic hydroxyl groups is 2. The first-order valence-corrected chi connectivity index (χ1v) is 3.17. The quantitative estimate of drug-likeness (QED) is 0.444. The molecule has 0 aromatic rings. The molecule has 0 aliphatic rings. The number of carboxylic acids is 2. The first-order chi connectivity index (χ1) is 5.88. The average molecular weight is 194 g/mol. The van der Waals surface area contributed by atoms with Crippen molar-refractivity contribution in [1.29, 1.82) is 0 Å². The monoisotopic (exact) mass is 194 g/mol. The van der Waals surface area contributed by atoms with Gasteiger partial charge in [-0.3, -0.25) is 9.59 Å². The summed E-state index contributed by atoms with van der Waals surface area (Å²) in [6.07, 6.45) is 2.04. The maximum Gasteiger partial charge on any atom is 0.300 e. The summed E-state index contributed by atoms with van der Waals surface area (Å²) in [5, 5.41) is 30.4. The molecule has 0 rings (SSSR count). The van der Waals surface area contributed by atoms with Crippen molar-refractivity contribution >= 4 is 11.9 Å². The van der Waals surface area contributed by atoms with Crippen LogP contribution in [0.15, 0.2) is 12.3 Å². The molecule has 0 saturated carbocycles. The Morgan fingerprint density at radius 2 is 1.38 bits per heavy atom. The third-order valence-corrected chi connectivity index (χ3v) is 0.211. The van der Waals surface area contributed by atoms with E-state index in [1.54, 1.807) is 0 Å². The van der Waals surface area contributed by atoms with Gasteiger partial charge < -0.3 is 20.4 Å². The molecule has 4 N–H and O–H groups in total. The molecule has 0 aliphatic carbocycles. The number of rotatable bonds is 1. The van der Waals surface area contributed by atoms with Crippen LogP contribution >= 0.6 is 0 Å². The highest BCUT2D eigenvalue weighted by Gasteiger charge is 1.65. The van der Waals surface area contributed by atoms with E-state index >= 15 is 0 Å². The Hall–Kier alpha value is -1.56. The molecule has 6 heteroatoms. The normalized spacial score (nSPS) is 7.62. The van der Waals surface area contributed by atoms with Crippen LogP contribution in [0.4, 0.5) is 0 Å². The maximum absolute atomic E-state index is 9.00. The molecule has 0 heterocycles. The van der Waals surface area contributed by atoms with Crippen LogP contribution in [0.2, 0.25) is 0 Å². The Balaban J connectivity index is -0.000000117. The summed E-state index contributed by atoms with van der Waals surface area (Å²) < 4.78 is 0. The summed E-state index contributed by atoms with van der Waals surface area (Å²) in [7, 11) is 0. The summed E-state index contributed by atoms with van der Waals surface area (Å²) in [5.74, 6) is -1.67. The second kappa shape index (κ2) is 16.8. The molecular formula is C7H14O6. The van der Waals surface area contributed by atoms with Crippen LogP contribution in [-0.4, -0.2) is 39.0 Å². The topological polar surface area (TPSA) is 115 Å². The van der Waals surface area contributed by atoms with Gasteiger partial charge >= 0.3 is 0 Å². The number of carboxylic acid groups (broad SMARTS) is 2. The van der Waals surface area contributed by atoms with Gasteiger partial charge in [0.2, 0.25) is 0 Å². The largest absolute Gasteiger partial charge is 0.516 e. The first-order valence-electron chi connectivity index (χ1n) is 3.17. The van der Waals surface area contributed by atoms with E-state index in [2.05, 4.69) is 0 Å². The van der Waals surface area contributed by atoms with E-state index in [0.29, 0.717) is 0 Å². The van der Waals surface area contributed by atoms with Crippen LogP contribution in [-0.2, 0) is 9.59 Å². The molecule has 0 fully saturated rings. The summed E-state index contributed by atoms with van der Waals surface area (Å²) in [6, 6.07) is 0. The highest BCUT2D eigenvalue weighted by atomic mass is 16.4. The fraction of sp³-hybridized carbons (Fsp3) is 0.429. The molecule has 0 saturated heterocycles. The van der Waals surface area contributed by atoms with Crippen LogP contribution in [0, 0.1) is 0 Å². The summed E-state index contributed by atoms with van der Waals surface area (Å²) in [5.41, 5.74) is 0. The van der Waals surface area contributed by atoms with Crippen molar-refractivity contribution in [2.24, 2.45) is 0 Å². The lowest BCUT2D eigenvalue weighted by molar-refractivity contribution is -0.135. The molecule has 6 nitrogen and oxygen atoms in total. The fourth-order valence-corrected chi connectivity index (χ4v) is 0.0471. The van der Waals surface area contributed by atoms with Gasteiger partial charge in [-0.25, -0.2) is 0 Å². The van der Waals surface area contributed by atoms with Crippen molar-refractivity contribution in [1.82, 2.24) is 0 Å². The first kappa shape index (κ1) is 17.5. The van der Waals surface area contributed by atoms with Crippen LogP contribution in [0.25, 0.3) is 0 Å². The lowest BCUT2D eigenvalue weighted by atomic mass is 10.7. The van der Waals surface area contributed by atoms with Gasteiger partial charge in [-0.05, 0) is 6.08 Å². The fourth-order valence-electron chi connectivity index (χ4n) is 0.0471. The Kier molecular flexibility index (Phi) is 22.6. The molecule has 0 bridgehead atoms. The summed E-state index contributed by atoms with van der Waals surface area (Å²) >= 11 is 0. The van der Waals surface area contributed by atoms with Gasteiger partial charge in [0.1, 0.15) is 0 Å². The second-order valence-corrected chi connectivity index (χ2v) is 1.61. The molecule has 78 valence electrons. The van der Waals surface area contributed by atoms with E-state index in [4.69, 9.17) is 30.0 Å². The van der Waals surface area contributed by atoms with Crippen LogP contribution in [0.3, 0.4) is 0 Å². The lowest BCUT2D eigenvalue weighted by Gasteiger charge is -1.66. The molecule has 0 amide bonds. The lowest BCUT2D eigenvalue weighted by Crippen LogP contribution is -1.78. The SMILES string of the molecule is CC(=O)O.CC(=O)O.OC=CCO. The molecule has 0 radical (unpaired) electrons. The molecule has 13 heavy (non-hydrogen) atoms. The minimum Gasteiger partial charge on any atom is -0.516 e. The second-order valence-electron chi connectivity index (χ2n) is 1.61. The van der Waals surface area contributed by atoms with Crippen molar-refractivity contribution in [3.05, 3.63) is 12.3 Å². The Labute approximate surface area is 75.8 Å². The Morgan fingerprint density at radius 1 is 1.15 bits per heavy atom. The zero-order chi connectivity index (χ0) is 11.3. The molecule has 0 atom stereocenters. The third-order valence-electron chi connectivity index (χ3n) is 0.211. The highest BCUT2D eigenvalue weighted by molar-refractivity contribution is 5.63. The number of hydrogen-bond acceptors (Lipinski definition) is 4. The van der Waals surface area contributed by atoms with Crippen molar-refractivity contribution in [2.45, 2.75) is 13.8 Å². The zero-order valence-corrected chi connectivity index (χ0v) is 7.47. The zero-order valence-electron chi connectivity index (χ0n) is 7.47. The molecule has 0 aromatic carbocycles. The van der Waals surface area contributed by atoms with Gasteiger partial charge in [0, 0.05) is 13.8 Å². The number of carbonyl (C=O) groups is 2. The highest BCUT2D eigenvalue weighted by Crippen LogP contribution is 1.56. The third kappa shape index (κ3) is 3840. The molecule has 0 unspecified atom stereocenters. The van der Waals surface area contributed by atoms with Gasteiger partial charge in [-0.1, -0.05) is 0 Å². The van der Waals surface area contributed by atoms with Crippen molar-refractivity contribution in [3.8, 4) is 0 Å². The molecule has 0 aromatic heterocycles. The van der Waals surface area contributed by atoms with Crippen molar-refractivity contribution in [2.75, 3.05) is 6.61 Å². The predicted molar refractivity (Wildman–Crippen MR) is 45.5 cm³/mol. The van der Waals surface area contributed by atoms with E-state index in [9.17, 15) is 0 Å². The van der Waals surface area contributed by atoms with Crippen LogP contribution < -0.4 is 0 Å². The van der Waals surface area contributed by atoms with E-state index in [0.717, 1.165) is 20.1 Å². The van der Waals surface area contributed by atoms with Gasteiger partial charge in [-0.15, -0.1) is 0 Å². The van der Waals surface area contributed by atoms with Crippen molar-refractivity contribution < 1.29 is 30.0 Å². The van der Waals surface area contributed by atoms with Crippen molar-refractivity contribution in [3.63, 3.8) is 0 Å². The standard InChI is InChI=1S/C3H6O2.2C2H4O2/c4-2-1-3-5;2*1-2(3)4/h1-2,4-5H,3H2;2*1H3,(H,3,4). The number of aliphatic carboxylic acids is 2. The van der Waals surface area contributed by atoms with Gasteiger partial charge in [0.05, 0.1) is 12.9 Å². The minimum atomic E-state index is -0.833. The van der Waals surface area contributed by atoms with Gasteiger partial charge in [0.25, 0.3) is 11.9 Å². The summed E-state index contributed by atoms with van der Waals surface area (Å²) in [4.78, 5) is 18.0. The Morgan fingerprint density at radius 3 is 1.38 bits per heavy atom. The molecule has 0 spiro atoms. The minimum absolute atomic E-state index is 0.0868. The van der Waals surface area contributed by atoms with Crippen LogP contribution in [0.5, 0.6) is 0 Å². The van der Waals surface area contributed by atoms with Gasteiger partial charge in [0.15, 0.2) is 0 Å². The van der Waals surface area contributed by atoms with E-state index in [1.807, 2.05) is 0 Å². The van der Waals surface area contributed by atoms with Crippen LogP contribution in [0.1, 0.15) is 13.8 Å². The molecular weight excluding hydrogens is 180 g/mol.